The fourth-order valence-electron chi connectivity index (χ4n) is 1.39. The highest BCUT2D eigenvalue weighted by molar-refractivity contribution is 5.74. The van der Waals surface area contributed by atoms with Crippen LogP contribution in [0.1, 0.15) is 26.7 Å². The van der Waals surface area contributed by atoms with Crippen molar-refractivity contribution in [2.45, 2.75) is 38.8 Å². The first-order valence-corrected chi connectivity index (χ1v) is 5.19. The molecule has 0 aromatic carbocycles. The van der Waals surface area contributed by atoms with Gasteiger partial charge in [-0.1, -0.05) is 0 Å². The second kappa shape index (κ2) is 5.32. The van der Waals surface area contributed by atoms with E-state index in [-0.39, 0.29) is 12.1 Å². The summed E-state index contributed by atoms with van der Waals surface area (Å²) >= 11 is 0. The molecule has 1 aliphatic rings. The van der Waals surface area contributed by atoms with E-state index in [1.54, 1.807) is 0 Å². The summed E-state index contributed by atoms with van der Waals surface area (Å²) in [4.78, 5) is 10.8. The van der Waals surface area contributed by atoms with Crippen LogP contribution in [0.5, 0.6) is 0 Å². The van der Waals surface area contributed by atoms with E-state index in [2.05, 4.69) is 5.32 Å². The monoisotopic (exact) mass is 201 g/mol. The Morgan fingerprint density at radius 2 is 2.21 bits per heavy atom. The van der Waals surface area contributed by atoms with E-state index in [4.69, 9.17) is 9.84 Å². The zero-order valence-electron chi connectivity index (χ0n) is 8.82. The number of nitrogens with one attached hydrogen (secondary N) is 1. The molecule has 0 saturated heterocycles. The first kappa shape index (κ1) is 11.5. The van der Waals surface area contributed by atoms with Gasteiger partial charge < -0.3 is 15.2 Å². The van der Waals surface area contributed by atoms with Crippen LogP contribution in [0, 0.1) is 5.92 Å². The van der Waals surface area contributed by atoms with Crippen LogP contribution in [-0.2, 0) is 9.53 Å². The normalized spacial score (nSPS) is 18.5. The summed E-state index contributed by atoms with van der Waals surface area (Å²) in [5.74, 6) is -0.399. The summed E-state index contributed by atoms with van der Waals surface area (Å²) < 4.78 is 5.32. The molecular formula is C10H19NO3. The third kappa shape index (κ3) is 4.07. The molecule has 0 spiro atoms. The molecule has 1 saturated carbocycles. The molecule has 0 aromatic rings. The van der Waals surface area contributed by atoms with Gasteiger partial charge in [-0.3, -0.25) is 4.79 Å². The highest BCUT2D eigenvalue weighted by atomic mass is 16.5. The molecule has 0 radical (unpaired) electrons. The minimum Gasteiger partial charge on any atom is -0.480 e. The number of ether oxygens (including phenoxy) is 1. The van der Waals surface area contributed by atoms with E-state index < -0.39 is 5.97 Å². The maximum Gasteiger partial charge on any atom is 0.320 e. The maximum atomic E-state index is 10.8. The van der Waals surface area contributed by atoms with Crippen LogP contribution in [0.15, 0.2) is 0 Å². The van der Waals surface area contributed by atoms with Crippen LogP contribution in [0.25, 0.3) is 0 Å². The van der Waals surface area contributed by atoms with E-state index in [1.165, 1.54) is 0 Å². The Kier molecular flexibility index (Phi) is 4.35. The fraction of sp³-hybridized carbons (Fsp3) is 0.900. The predicted octanol–water partition coefficient (Wildman–Crippen LogP) is 0.864. The van der Waals surface area contributed by atoms with E-state index in [9.17, 15) is 4.79 Å². The quantitative estimate of drug-likeness (QED) is 0.600. The van der Waals surface area contributed by atoms with E-state index in [0.717, 1.165) is 12.8 Å². The topological polar surface area (TPSA) is 58.6 Å². The third-order valence-corrected chi connectivity index (χ3v) is 2.28. The molecule has 14 heavy (non-hydrogen) atoms. The maximum absolute atomic E-state index is 10.8. The summed E-state index contributed by atoms with van der Waals surface area (Å²) in [6.07, 6.45) is 2.28. The Balaban J connectivity index is 2.11. The van der Waals surface area contributed by atoms with Gasteiger partial charge >= 0.3 is 5.97 Å². The lowest BCUT2D eigenvalue weighted by molar-refractivity contribution is -0.140. The van der Waals surface area contributed by atoms with Crippen molar-refractivity contribution in [1.82, 2.24) is 5.32 Å². The van der Waals surface area contributed by atoms with Gasteiger partial charge in [-0.2, -0.15) is 0 Å². The lowest BCUT2D eigenvalue weighted by Gasteiger charge is -2.14. The van der Waals surface area contributed by atoms with Crippen molar-refractivity contribution in [3.05, 3.63) is 0 Å². The van der Waals surface area contributed by atoms with Gasteiger partial charge in [0.15, 0.2) is 0 Å². The Bertz CT molecular complexity index is 190. The van der Waals surface area contributed by atoms with Gasteiger partial charge in [-0.15, -0.1) is 0 Å². The van der Waals surface area contributed by atoms with Gasteiger partial charge in [0, 0.05) is 6.54 Å². The second-order valence-corrected chi connectivity index (χ2v) is 4.03. The molecule has 0 amide bonds. The summed E-state index contributed by atoms with van der Waals surface area (Å²) in [6.45, 7) is 5.13. The van der Waals surface area contributed by atoms with Crippen molar-refractivity contribution in [3.63, 3.8) is 0 Å². The Morgan fingerprint density at radius 1 is 1.57 bits per heavy atom. The highest BCUT2D eigenvalue weighted by Crippen LogP contribution is 2.32. The van der Waals surface area contributed by atoms with E-state index >= 15 is 0 Å². The van der Waals surface area contributed by atoms with E-state index in [0.29, 0.717) is 19.1 Å². The molecular weight excluding hydrogens is 182 g/mol. The summed E-state index contributed by atoms with van der Waals surface area (Å²) in [7, 11) is 0. The van der Waals surface area contributed by atoms with Crippen molar-refractivity contribution in [2.75, 3.05) is 13.2 Å². The molecule has 82 valence electrons. The minimum absolute atomic E-state index is 0.209. The van der Waals surface area contributed by atoms with Crippen LogP contribution in [0.2, 0.25) is 0 Å². The molecule has 1 rings (SSSR count). The zero-order chi connectivity index (χ0) is 10.6. The second-order valence-electron chi connectivity index (χ2n) is 4.03. The molecule has 1 unspecified atom stereocenters. The number of rotatable bonds is 7. The predicted molar refractivity (Wildman–Crippen MR) is 53.2 cm³/mol. The Morgan fingerprint density at radius 3 is 2.64 bits per heavy atom. The number of carboxylic acid groups (broad SMARTS) is 1. The van der Waals surface area contributed by atoms with Crippen molar-refractivity contribution in [2.24, 2.45) is 5.92 Å². The van der Waals surface area contributed by atoms with Gasteiger partial charge in [0.2, 0.25) is 0 Å². The van der Waals surface area contributed by atoms with Crippen molar-refractivity contribution >= 4 is 5.97 Å². The van der Waals surface area contributed by atoms with Crippen LogP contribution in [0.3, 0.4) is 0 Å². The molecule has 0 heterocycles. The number of aliphatic carboxylic acids is 1. The van der Waals surface area contributed by atoms with Gasteiger partial charge in [0.05, 0.1) is 12.7 Å². The molecule has 0 aromatic heterocycles. The number of carboxylic acids is 1. The fourth-order valence-corrected chi connectivity index (χ4v) is 1.39. The first-order chi connectivity index (χ1) is 6.61. The van der Waals surface area contributed by atoms with Crippen LogP contribution in [0.4, 0.5) is 0 Å². The number of hydrogen-bond acceptors (Lipinski definition) is 3. The highest BCUT2D eigenvalue weighted by Gasteiger charge is 2.35. The molecule has 0 bridgehead atoms. The van der Waals surface area contributed by atoms with Crippen molar-refractivity contribution in [3.8, 4) is 0 Å². The average molecular weight is 201 g/mol. The summed E-state index contributed by atoms with van der Waals surface area (Å²) in [6, 6.07) is -0.370. The van der Waals surface area contributed by atoms with Crippen molar-refractivity contribution < 1.29 is 14.6 Å². The van der Waals surface area contributed by atoms with Crippen LogP contribution in [-0.4, -0.2) is 36.4 Å². The molecule has 0 aliphatic heterocycles. The molecule has 1 fully saturated rings. The summed E-state index contributed by atoms with van der Waals surface area (Å²) in [5, 5.41) is 11.9. The molecule has 2 N–H and O–H groups in total. The molecule has 4 heteroatoms. The van der Waals surface area contributed by atoms with Gasteiger partial charge in [0.25, 0.3) is 0 Å². The molecule has 1 aliphatic carbocycles. The van der Waals surface area contributed by atoms with Crippen LogP contribution >= 0.6 is 0 Å². The minimum atomic E-state index is -0.739. The lowest BCUT2D eigenvalue weighted by Crippen LogP contribution is -2.40. The lowest BCUT2D eigenvalue weighted by atomic mass is 10.2. The Labute approximate surface area is 84.6 Å². The Hall–Kier alpha value is -0.610. The van der Waals surface area contributed by atoms with Gasteiger partial charge in [-0.05, 0) is 32.6 Å². The van der Waals surface area contributed by atoms with E-state index in [1.807, 2.05) is 13.8 Å². The van der Waals surface area contributed by atoms with Crippen LogP contribution < -0.4 is 5.32 Å². The SMILES string of the molecule is CC(C)OCCNC(C(=O)O)C1CC1. The third-order valence-electron chi connectivity index (χ3n) is 2.28. The average Bonchev–Trinajstić information content (AvgIpc) is 2.86. The zero-order valence-corrected chi connectivity index (χ0v) is 8.82. The number of carbonyl (C=O) groups is 1. The standard InChI is InChI=1S/C10H19NO3/c1-7(2)14-6-5-11-9(10(12)13)8-3-4-8/h7-9,11H,3-6H2,1-2H3,(H,12,13). The molecule has 1 atom stereocenters. The van der Waals surface area contributed by atoms with Gasteiger partial charge in [-0.25, -0.2) is 0 Å². The van der Waals surface area contributed by atoms with Crippen molar-refractivity contribution in [1.29, 1.82) is 0 Å². The smallest absolute Gasteiger partial charge is 0.320 e. The molecule has 4 nitrogen and oxygen atoms in total. The summed E-state index contributed by atoms with van der Waals surface area (Å²) in [5.41, 5.74) is 0. The largest absolute Gasteiger partial charge is 0.480 e. The number of hydrogen-bond donors (Lipinski definition) is 2. The first-order valence-electron chi connectivity index (χ1n) is 5.19. The van der Waals surface area contributed by atoms with Gasteiger partial charge in [0.1, 0.15) is 6.04 Å².